The molecule has 1 heterocycles. The second-order valence-electron chi connectivity index (χ2n) is 7.79. The summed E-state index contributed by atoms with van der Waals surface area (Å²) in [6.07, 6.45) is -2.64. The smallest absolute Gasteiger partial charge is 0.313 e. The normalized spacial score (nSPS) is 25.6. The van der Waals surface area contributed by atoms with E-state index in [0.717, 1.165) is 36.1 Å². The van der Waals surface area contributed by atoms with Gasteiger partial charge in [-0.1, -0.05) is 41.9 Å². The number of nitrogens with one attached hydrogen (secondary N) is 1. The number of rotatable bonds is 3. The van der Waals surface area contributed by atoms with Crippen LogP contribution in [0.25, 0.3) is 0 Å². The summed E-state index contributed by atoms with van der Waals surface area (Å²) in [6.45, 7) is 1.45. The van der Waals surface area contributed by atoms with Gasteiger partial charge in [-0.2, -0.15) is 13.2 Å². The fourth-order valence-electron chi connectivity index (χ4n) is 4.63. The number of benzene rings is 2. The molecule has 0 radical (unpaired) electrons. The standard InChI is InChI=1S/C21H20ClF4N.ClH/c1-19(23,21(24,25)26)15-4-7-17-14(10-15)11-18-20(17,8-9-27-18)12-13-2-5-16(22)6-3-13;/h2-7,10,18,27H,8-9,11-12H2,1H3;1H. The first-order chi connectivity index (χ1) is 12.6. The van der Waals surface area contributed by atoms with Crippen LogP contribution in [0.2, 0.25) is 5.02 Å². The summed E-state index contributed by atoms with van der Waals surface area (Å²) in [6, 6.07) is 12.2. The average Bonchev–Trinajstić information content (AvgIpc) is 3.11. The fourth-order valence-corrected chi connectivity index (χ4v) is 4.75. The van der Waals surface area contributed by atoms with E-state index in [1.54, 1.807) is 6.07 Å². The maximum atomic E-state index is 14.4. The molecule has 2 aromatic carbocycles. The predicted octanol–water partition coefficient (Wildman–Crippen LogP) is 5.91. The molecule has 1 nitrogen and oxygen atoms in total. The molecule has 2 aliphatic rings. The summed E-state index contributed by atoms with van der Waals surface area (Å²) < 4.78 is 53.7. The van der Waals surface area contributed by atoms with Crippen LogP contribution in [0.5, 0.6) is 0 Å². The molecule has 1 saturated heterocycles. The van der Waals surface area contributed by atoms with Crippen molar-refractivity contribution in [3.63, 3.8) is 0 Å². The van der Waals surface area contributed by atoms with Crippen LogP contribution in [0.4, 0.5) is 17.6 Å². The van der Waals surface area contributed by atoms with Gasteiger partial charge in [-0.05, 0) is 67.1 Å². The van der Waals surface area contributed by atoms with E-state index >= 15 is 0 Å². The van der Waals surface area contributed by atoms with Gasteiger partial charge < -0.3 is 5.32 Å². The minimum atomic E-state index is -4.94. The highest BCUT2D eigenvalue weighted by Gasteiger charge is 2.55. The van der Waals surface area contributed by atoms with Crippen molar-refractivity contribution in [2.45, 2.75) is 49.5 Å². The third-order valence-electron chi connectivity index (χ3n) is 6.20. The van der Waals surface area contributed by atoms with Crippen molar-refractivity contribution in [1.82, 2.24) is 5.32 Å². The molecule has 0 saturated carbocycles. The molecule has 2 aromatic rings. The molecule has 1 N–H and O–H groups in total. The summed E-state index contributed by atoms with van der Waals surface area (Å²) in [5.41, 5.74) is -0.865. The Hall–Kier alpha value is -1.30. The molecule has 0 spiro atoms. The quantitative estimate of drug-likeness (QED) is 0.593. The van der Waals surface area contributed by atoms with Gasteiger partial charge in [0.15, 0.2) is 0 Å². The van der Waals surface area contributed by atoms with Crippen LogP contribution in [0.15, 0.2) is 42.5 Å². The Morgan fingerprint density at radius 1 is 1.11 bits per heavy atom. The third kappa shape index (κ3) is 3.31. The Balaban J connectivity index is 0.00000225. The summed E-state index contributed by atoms with van der Waals surface area (Å²) in [5.74, 6) is 0. The number of alkyl halides is 4. The maximum Gasteiger partial charge on any atom is 0.426 e. The lowest BCUT2D eigenvalue weighted by atomic mass is 9.73. The van der Waals surface area contributed by atoms with Crippen LogP contribution in [0.1, 0.15) is 35.6 Å². The minimum Gasteiger partial charge on any atom is -0.313 e. The Kier molecular flexibility index (Phi) is 5.50. The summed E-state index contributed by atoms with van der Waals surface area (Å²) in [7, 11) is 0. The molecule has 1 fully saturated rings. The topological polar surface area (TPSA) is 12.0 Å². The van der Waals surface area contributed by atoms with Crippen molar-refractivity contribution < 1.29 is 17.6 Å². The number of hydrogen-bond acceptors (Lipinski definition) is 1. The molecule has 7 heteroatoms. The van der Waals surface area contributed by atoms with E-state index < -0.39 is 11.8 Å². The molecule has 3 unspecified atom stereocenters. The van der Waals surface area contributed by atoms with Crippen molar-refractivity contribution >= 4 is 24.0 Å². The van der Waals surface area contributed by atoms with Crippen molar-refractivity contribution in [2.75, 3.05) is 6.54 Å². The zero-order valence-electron chi connectivity index (χ0n) is 15.2. The largest absolute Gasteiger partial charge is 0.426 e. The molecule has 4 rings (SSSR count). The van der Waals surface area contributed by atoms with Crippen LogP contribution < -0.4 is 5.32 Å². The van der Waals surface area contributed by atoms with Crippen LogP contribution in [0, 0.1) is 0 Å². The molecule has 28 heavy (non-hydrogen) atoms. The molecular formula is C21H21Cl2F4N. The van der Waals surface area contributed by atoms with Gasteiger partial charge in [0.2, 0.25) is 5.67 Å². The van der Waals surface area contributed by atoms with E-state index in [0.29, 0.717) is 18.4 Å². The van der Waals surface area contributed by atoms with E-state index in [9.17, 15) is 17.6 Å². The molecule has 0 bridgehead atoms. The van der Waals surface area contributed by atoms with E-state index in [4.69, 9.17) is 11.6 Å². The van der Waals surface area contributed by atoms with Crippen LogP contribution >= 0.6 is 24.0 Å². The van der Waals surface area contributed by atoms with E-state index in [2.05, 4.69) is 5.32 Å². The Morgan fingerprint density at radius 3 is 2.43 bits per heavy atom. The monoisotopic (exact) mass is 433 g/mol. The molecule has 0 amide bonds. The van der Waals surface area contributed by atoms with Gasteiger partial charge in [-0.15, -0.1) is 12.4 Å². The highest BCUT2D eigenvalue weighted by atomic mass is 35.5. The number of hydrogen-bond donors (Lipinski definition) is 1. The zero-order chi connectivity index (χ0) is 19.4. The Labute approximate surface area is 172 Å². The van der Waals surface area contributed by atoms with Crippen molar-refractivity contribution in [3.05, 3.63) is 69.7 Å². The third-order valence-corrected chi connectivity index (χ3v) is 6.45. The zero-order valence-corrected chi connectivity index (χ0v) is 16.8. The summed E-state index contributed by atoms with van der Waals surface area (Å²) >= 11 is 5.98. The molecule has 3 atom stereocenters. The maximum absolute atomic E-state index is 14.4. The van der Waals surface area contributed by atoms with Crippen LogP contribution in [0.3, 0.4) is 0 Å². The first kappa shape index (κ1) is 21.4. The SMILES string of the molecule is CC(F)(c1ccc2c(c1)CC1NCCC21Cc1ccc(Cl)cc1)C(F)(F)F.Cl. The lowest BCUT2D eigenvalue weighted by Crippen LogP contribution is -2.38. The van der Waals surface area contributed by atoms with Gasteiger partial charge in [-0.3, -0.25) is 0 Å². The van der Waals surface area contributed by atoms with E-state index in [-0.39, 0.29) is 29.4 Å². The van der Waals surface area contributed by atoms with Crippen molar-refractivity contribution in [1.29, 1.82) is 0 Å². The van der Waals surface area contributed by atoms with E-state index in [1.807, 2.05) is 24.3 Å². The Morgan fingerprint density at radius 2 is 1.79 bits per heavy atom. The van der Waals surface area contributed by atoms with Crippen molar-refractivity contribution in [2.24, 2.45) is 0 Å². The first-order valence-corrected chi connectivity index (χ1v) is 9.39. The average molecular weight is 434 g/mol. The minimum absolute atomic E-state index is 0. The van der Waals surface area contributed by atoms with Gasteiger partial charge in [0, 0.05) is 16.5 Å². The summed E-state index contributed by atoms with van der Waals surface area (Å²) in [5, 5.41) is 4.15. The second kappa shape index (κ2) is 7.19. The lowest BCUT2D eigenvalue weighted by molar-refractivity contribution is -0.228. The molecule has 0 aromatic heterocycles. The van der Waals surface area contributed by atoms with Gasteiger partial charge in [0.25, 0.3) is 0 Å². The molecule has 1 aliphatic carbocycles. The van der Waals surface area contributed by atoms with Gasteiger partial charge in [0.05, 0.1) is 0 Å². The Bertz CT molecular complexity index is 864. The first-order valence-electron chi connectivity index (χ1n) is 9.01. The molecular weight excluding hydrogens is 413 g/mol. The van der Waals surface area contributed by atoms with Crippen molar-refractivity contribution in [3.8, 4) is 0 Å². The number of halogens is 6. The number of fused-ring (bicyclic) bond motifs is 3. The fraction of sp³-hybridized carbons (Fsp3) is 0.429. The second-order valence-corrected chi connectivity index (χ2v) is 8.23. The van der Waals surface area contributed by atoms with Gasteiger partial charge in [0.1, 0.15) is 0 Å². The summed E-state index contributed by atoms with van der Waals surface area (Å²) in [4.78, 5) is 0. The van der Waals surface area contributed by atoms with Gasteiger partial charge in [-0.25, -0.2) is 4.39 Å². The van der Waals surface area contributed by atoms with Crippen LogP contribution in [-0.4, -0.2) is 18.8 Å². The molecule has 1 aliphatic heterocycles. The highest BCUT2D eigenvalue weighted by Crippen LogP contribution is 2.49. The van der Waals surface area contributed by atoms with E-state index in [1.165, 1.54) is 12.1 Å². The highest BCUT2D eigenvalue weighted by molar-refractivity contribution is 6.30. The lowest BCUT2D eigenvalue weighted by Gasteiger charge is -2.31. The predicted molar refractivity (Wildman–Crippen MR) is 105 cm³/mol. The van der Waals surface area contributed by atoms with Gasteiger partial charge >= 0.3 is 6.18 Å². The van der Waals surface area contributed by atoms with Crippen LogP contribution in [-0.2, 0) is 23.9 Å². The molecule has 152 valence electrons.